The van der Waals surface area contributed by atoms with Crippen LogP contribution in [0.15, 0.2) is 30.5 Å². The monoisotopic (exact) mass is 411 g/mol. The van der Waals surface area contributed by atoms with Gasteiger partial charge in [-0.15, -0.1) is 0 Å². The number of nitrogens with zero attached hydrogens (tertiary/aromatic N) is 2. The van der Waals surface area contributed by atoms with Gasteiger partial charge in [-0.05, 0) is 49.4 Å². The highest BCUT2D eigenvalue weighted by Crippen LogP contribution is 2.27. The van der Waals surface area contributed by atoms with Gasteiger partial charge in [-0.3, -0.25) is 4.79 Å². The Morgan fingerprint density at radius 1 is 1.32 bits per heavy atom. The van der Waals surface area contributed by atoms with E-state index in [1.807, 2.05) is 13.8 Å². The fourth-order valence-corrected chi connectivity index (χ4v) is 3.01. The number of benzene rings is 1. The predicted octanol–water partition coefficient (Wildman–Crippen LogP) is 4.00. The van der Waals surface area contributed by atoms with Crippen molar-refractivity contribution in [2.75, 3.05) is 11.9 Å². The Bertz CT molecular complexity index is 701. The molecule has 0 saturated carbocycles. The highest BCUT2D eigenvalue weighted by atomic mass is 79.9. The van der Waals surface area contributed by atoms with Crippen LogP contribution in [0.4, 0.5) is 10.1 Å². The number of halogens is 2. The fourth-order valence-electron chi connectivity index (χ4n) is 2.58. The number of anilines is 1. The lowest BCUT2D eigenvalue weighted by Crippen LogP contribution is -2.23. The van der Waals surface area contributed by atoms with Crippen molar-refractivity contribution in [1.82, 2.24) is 9.78 Å². The minimum atomic E-state index is -0.326. The van der Waals surface area contributed by atoms with Crippen LogP contribution in [0.25, 0.3) is 5.69 Å². The molecule has 0 saturated heterocycles. The Hall–Kier alpha value is -1.73. The van der Waals surface area contributed by atoms with Gasteiger partial charge in [0.15, 0.2) is 0 Å². The van der Waals surface area contributed by atoms with Gasteiger partial charge in [-0.1, -0.05) is 29.8 Å². The van der Waals surface area contributed by atoms with Crippen molar-refractivity contribution in [1.29, 1.82) is 0 Å². The lowest BCUT2D eigenvalue weighted by molar-refractivity contribution is -0.115. The summed E-state index contributed by atoms with van der Waals surface area (Å²) in [6, 6.07) is 6.08. The second kappa shape index (κ2) is 9.10. The lowest BCUT2D eigenvalue weighted by Gasteiger charge is -2.15. The third-order valence-electron chi connectivity index (χ3n) is 3.83. The van der Waals surface area contributed by atoms with E-state index < -0.39 is 0 Å². The highest BCUT2D eigenvalue weighted by molar-refractivity contribution is 9.10. The van der Waals surface area contributed by atoms with Gasteiger partial charge in [-0.2, -0.15) is 5.10 Å². The molecule has 0 aliphatic heterocycles. The van der Waals surface area contributed by atoms with Crippen molar-refractivity contribution < 1.29 is 14.3 Å². The number of rotatable bonds is 8. The largest absolute Gasteiger partial charge is 0.396 e. The molecule has 2 rings (SSSR count). The number of aromatic nitrogens is 2. The Labute approximate surface area is 155 Å². The number of amides is 1. The first kappa shape index (κ1) is 19.6. The number of alkyl halides is 1. The van der Waals surface area contributed by atoms with Crippen molar-refractivity contribution in [2.45, 2.75) is 43.9 Å². The molecule has 2 N–H and O–H groups in total. The van der Waals surface area contributed by atoms with Crippen LogP contribution in [0.1, 0.15) is 44.7 Å². The first-order chi connectivity index (χ1) is 11.9. The maximum atomic E-state index is 13.1. The van der Waals surface area contributed by atoms with Crippen LogP contribution in [-0.4, -0.2) is 32.2 Å². The molecule has 1 atom stereocenters. The van der Waals surface area contributed by atoms with E-state index in [9.17, 15) is 9.18 Å². The number of aliphatic hydroxyl groups is 1. The van der Waals surface area contributed by atoms with Crippen LogP contribution in [0.5, 0.6) is 0 Å². The Morgan fingerprint density at radius 2 is 2.00 bits per heavy atom. The van der Waals surface area contributed by atoms with E-state index in [0.29, 0.717) is 18.5 Å². The smallest absolute Gasteiger partial charge is 0.238 e. The molecule has 2 aromatic rings. The van der Waals surface area contributed by atoms with Gasteiger partial charge >= 0.3 is 0 Å². The zero-order valence-corrected chi connectivity index (χ0v) is 16.0. The normalized spacial score (nSPS) is 12.4. The van der Waals surface area contributed by atoms with Crippen molar-refractivity contribution in [3.8, 4) is 5.69 Å². The SMILES string of the molecule is CC(C)c1c(NC(=O)C(Br)CCCCO)cnn1-c1ccc(F)cc1. The van der Waals surface area contributed by atoms with E-state index in [-0.39, 0.29) is 29.1 Å². The van der Waals surface area contributed by atoms with Crippen LogP contribution in [0.3, 0.4) is 0 Å². The Morgan fingerprint density at radius 3 is 2.60 bits per heavy atom. The Balaban J connectivity index is 2.18. The van der Waals surface area contributed by atoms with E-state index in [2.05, 4.69) is 26.3 Å². The molecule has 1 heterocycles. The van der Waals surface area contributed by atoms with Gasteiger partial charge in [0.25, 0.3) is 0 Å². The summed E-state index contributed by atoms with van der Waals surface area (Å²) >= 11 is 3.39. The number of nitrogens with one attached hydrogen (secondary N) is 1. The molecule has 1 amide bonds. The highest BCUT2D eigenvalue weighted by Gasteiger charge is 2.20. The molecule has 1 unspecified atom stereocenters. The molecule has 5 nitrogen and oxygen atoms in total. The van der Waals surface area contributed by atoms with E-state index >= 15 is 0 Å². The van der Waals surface area contributed by atoms with Gasteiger partial charge in [0.2, 0.25) is 5.91 Å². The summed E-state index contributed by atoms with van der Waals surface area (Å²) in [5, 5.41) is 16.1. The summed E-state index contributed by atoms with van der Waals surface area (Å²) in [6.45, 7) is 4.16. The summed E-state index contributed by atoms with van der Waals surface area (Å²) < 4.78 is 14.9. The number of hydrogen-bond donors (Lipinski definition) is 2. The number of aliphatic hydroxyl groups excluding tert-OH is 1. The molecule has 25 heavy (non-hydrogen) atoms. The standard InChI is InChI=1S/C18H23BrFN3O2/c1-12(2)17-16(22-18(25)15(19)5-3-4-10-24)11-21-23(17)14-8-6-13(20)7-9-14/h6-9,11-12,15,24H,3-5,10H2,1-2H3,(H,22,25). The van der Waals surface area contributed by atoms with Crippen LogP contribution in [0.2, 0.25) is 0 Å². The number of unbranched alkanes of at least 4 members (excludes halogenated alkanes) is 1. The number of carbonyl (C=O) groups is 1. The number of hydrogen-bond acceptors (Lipinski definition) is 3. The van der Waals surface area contributed by atoms with Crippen LogP contribution >= 0.6 is 15.9 Å². The minimum absolute atomic E-state index is 0.117. The third kappa shape index (κ3) is 5.12. The first-order valence-corrected chi connectivity index (χ1v) is 9.25. The molecule has 0 radical (unpaired) electrons. The molecule has 0 aliphatic carbocycles. The van der Waals surface area contributed by atoms with E-state index in [1.54, 1.807) is 23.0 Å². The fraction of sp³-hybridized carbons (Fsp3) is 0.444. The first-order valence-electron chi connectivity index (χ1n) is 8.33. The Kier molecular flexibility index (Phi) is 7.13. The molecule has 0 bridgehead atoms. The average Bonchev–Trinajstić information content (AvgIpc) is 2.99. The quantitative estimate of drug-likeness (QED) is 0.509. The van der Waals surface area contributed by atoms with Gasteiger partial charge in [0.05, 0.1) is 28.1 Å². The summed E-state index contributed by atoms with van der Waals surface area (Å²) in [4.78, 5) is 12.0. The molecular formula is C18H23BrFN3O2. The van der Waals surface area contributed by atoms with Gasteiger partial charge in [0, 0.05) is 6.61 Å². The van der Waals surface area contributed by atoms with Crippen LogP contribution < -0.4 is 5.32 Å². The minimum Gasteiger partial charge on any atom is -0.396 e. The maximum absolute atomic E-state index is 13.1. The van der Waals surface area contributed by atoms with Gasteiger partial charge < -0.3 is 10.4 Å². The van der Waals surface area contributed by atoms with Crippen molar-refractivity contribution in [3.63, 3.8) is 0 Å². The van der Waals surface area contributed by atoms with Crippen LogP contribution in [-0.2, 0) is 4.79 Å². The predicted molar refractivity (Wildman–Crippen MR) is 99.9 cm³/mol. The molecule has 7 heteroatoms. The molecule has 136 valence electrons. The molecule has 0 fully saturated rings. The van der Waals surface area contributed by atoms with E-state index in [1.165, 1.54) is 12.1 Å². The van der Waals surface area contributed by atoms with Gasteiger partial charge in [0.1, 0.15) is 5.82 Å². The second-order valence-electron chi connectivity index (χ2n) is 6.16. The van der Waals surface area contributed by atoms with Crippen molar-refractivity contribution >= 4 is 27.5 Å². The molecule has 1 aromatic carbocycles. The van der Waals surface area contributed by atoms with E-state index in [4.69, 9.17) is 5.11 Å². The van der Waals surface area contributed by atoms with Crippen LogP contribution in [0, 0.1) is 5.82 Å². The summed E-state index contributed by atoms with van der Waals surface area (Å²) in [5.41, 5.74) is 2.25. The topological polar surface area (TPSA) is 67.2 Å². The average molecular weight is 412 g/mol. The zero-order chi connectivity index (χ0) is 18.4. The van der Waals surface area contributed by atoms with Crippen molar-refractivity contribution in [3.05, 3.63) is 42.0 Å². The molecule has 0 aliphatic rings. The number of carbonyl (C=O) groups excluding carboxylic acids is 1. The maximum Gasteiger partial charge on any atom is 0.238 e. The lowest BCUT2D eigenvalue weighted by atomic mass is 10.1. The third-order valence-corrected chi connectivity index (χ3v) is 4.71. The summed E-state index contributed by atoms with van der Waals surface area (Å²) in [5.74, 6) is -0.329. The summed E-state index contributed by atoms with van der Waals surface area (Å²) in [7, 11) is 0. The molecule has 1 aromatic heterocycles. The van der Waals surface area contributed by atoms with Gasteiger partial charge in [-0.25, -0.2) is 9.07 Å². The molecular weight excluding hydrogens is 389 g/mol. The van der Waals surface area contributed by atoms with Crippen molar-refractivity contribution in [2.24, 2.45) is 0 Å². The summed E-state index contributed by atoms with van der Waals surface area (Å²) in [6.07, 6.45) is 3.71. The van der Waals surface area contributed by atoms with E-state index in [0.717, 1.165) is 17.8 Å². The second-order valence-corrected chi connectivity index (χ2v) is 7.27. The zero-order valence-electron chi connectivity index (χ0n) is 14.4. The molecule has 0 spiro atoms.